The molecule has 1 aliphatic heterocycles. The topological polar surface area (TPSA) is 92.8 Å². The lowest BCUT2D eigenvalue weighted by molar-refractivity contribution is -0.138. The van der Waals surface area contributed by atoms with E-state index in [1.807, 2.05) is 4.90 Å². The number of aromatic nitrogens is 3. The number of benzene rings is 2. The lowest BCUT2D eigenvalue weighted by atomic mass is 10.1. The van der Waals surface area contributed by atoms with Crippen molar-refractivity contribution in [2.45, 2.75) is 38.2 Å². The van der Waals surface area contributed by atoms with E-state index in [9.17, 15) is 32.6 Å². The number of rotatable bonds is 8. The van der Waals surface area contributed by atoms with Gasteiger partial charge >= 0.3 is 11.9 Å². The molecule has 2 aromatic carbocycles. The van der Waals surface area contributed by atoms with Crippen LogP contribution >= 0.6 is 0 Å². The van der Waals surface area contributed by atoms with Crippen LogP contribution in [0.3, 0.4) is 0 Å². The second-order valence-electron chi connectivity index (χ2n) is 9.82. The SMILES string of the molecule is Cc1cccc(F)c1N1CC[C@@H](n2c(=O)n(Cc3ccccc3C(F)(F)F)c3c(OCC(O)CO)nccc32)C1. The molecule has 1 saturated heterocycles. The molecule has 4 aromatic rings. The van der Waals surface area contributed by atoms with Gasteiger partial charge in [0.2, 0.25) is 5.88 Å². The Labute approximate surface area is 226 Å². The van der Waals surface area contributed by atoms with Crippen LogP contribution < -0.4 is 15.3 Å². The van der Waals surface area contributed by atoms with Crippen LogP contribution in [0.1, 0.15) is 29.2 Å². The molecule has 2 aromatic heterocycles. The number of para-hydroxylation sites is 1. The van der Waals surface area contributed by atoms with Gasteiger partial charge < -0.3 is 19.8 Å². The Bertz CT molecular complexity index is 1560. The second-order valence-corrected chi connectivity index (χ2v) is 9.82. The van der Waals surface area contributed by atoms with Crippen LogP contribution in [-0.2, 0) is 12.7 Å². The Morgan fingerprint density at radius 1 is 1.15 bits per heavy atom. The number of aliphatic hydroxyl groups excluding tert-OH is 2. The third-order valence-corrected chi connectivity index (χ3v) is 7.14. The zero-order chi connectivity index (χ0) is 28.6. The molecule has 0 amide bonds. The number of halogens is 4. The van der Waals surface area contributed by atoms with E-state index in [1.54, 1.807) is 25.1 Å². The van der Waals surface area contributed by atoms with Crippen LogP contribution in [-0.4, -0.2) is 56.7 Å². The molecule has 12 heteroatoms. The zero-order valence-electron chi connectivity index (χ0n) is 21.6. The van der Waals surface area contributed by atoms with Gasteiger partial charge in [-0.1, -0.05) is 30.3 Å². The number of imidazole rings is 1. The van der Waals surface area contributed by atoms with Crippen molar-refractivity contribution in [2.75, 3.05) is 31.2 Å². The molecule has 0 saturated carbocycles. The quantitative estimate of drug-likeness (QED) is 0.318. The molecule has 2 atom stereocenters. The maximum atomic E-state index is 14.7. The van der Waals surface area contributed by atoms with Gasteiger partial charge in [0, 0.05) is 19.3 Å². The molecule has 40 heavy (non-hydrogen) atoms. The minimum absolute atomic E-state index is 0.0647. The summed E-state index contributed by atoms with van der Waals surface area (Å²) < 4.78 is 64.4. The number of alkyl halides is 3. The van der Waals surface area contributed by atoms with Crippen LogP contribution in [0.2, 0.25) is 0 Å². The average Bonchev–Trinajstić information content (AvgIpc) is 3.49. The number of anilines is 1. The molecule has 0 radical (unpaired) electrons. The van der Waals surface area contributed by atoms with Gasteiger partial charge in [-0.2, -0.15) is 13.2 Å². The fourth-order valence-corrected chi connectivity index (χ4v) is 5.32. The normalized spacial score (nSPS) is 16.6. The number of ether oxygens (including phenoxy) is 1. The van der Waals surface area contributed by atoms with Crippen molar-refractivity contribution >= 4 is 16.7 Å². The predicted molar refractivity (Wildman–Crippen MR) is 140 cm³/mol. The Morgan fingerprint density at radius 2 is 1.93 bits per heavy atom. The average molecular weight is 561 g/mol. The first-order valence-corrected chi connectivity index (χ1v) is 12.8. The highest BCUT2D eigenvalue weighted by Crippen LogP contribution is 2.35. The number of fused-ring (bicyclic) bond motifs is 1. The first-order chi connectivity index (χ1) is 19.1. The second kappa shape index (κ2) is 10.9. The van der Waals surface area contributed by atoms with Crippen LogP contribution in [0.4, 0.5) is 23.2 Å². The Hall–Kier alpha value is -3.90. The van der Waals surface area contributed by atoms with Crippen LogP contribution in [0.5, 0.6) is 5.88 Å². The minimum Gasteiger partial charge on any atom is -0.473 e. The Morgan fingerprint density at radius 3 is 2.65 bits per heavy atom. The first kappa shape index (κ1) is 27.7. The van der Waals surface area contributed by atoms with E-state index in [1.165, 1.54) is 39.6 Å². The number of aryl methyl sites for hydroxylation is 1. The summed E-state index contributed by atoms with van der Waals surface area (Å²) in [4.78, 5) is 20.0. The molecule has 0 spiro atoms. The van der Waals surface area contributed by atoms with Crippen molar-refractivity contribution in [2.24, 2.45) is 0 Å². The van der Waals surface area contributed by atoms with E-state index in [-0.39, 0.29) is 29.4 Å². The highest BCUT2D eigenvalue weighted by Gasteiger charge is 2.35. The molecule has 1 aliphatic rings. The third-order valence-electron chi connectivity index (χ3n) is 7.14. The van der Waals surface area contributed by atoms with Gasteiger partial charge in [-0.05, 0) is 42.7 Å². The van der Waals surface area contributed by atoms with E-state index < -0.39 is 42.7 Å². The van der Waals surface area contributed by atoms with Crippen LogP contribution in [0.25, 0.3) is 11.0 Å². The summed E-state index contributed by atoms with van der Waals surface area (Å²) in [6.45, 7) is 1.26. The van der Waals surface area contributed by atoms with Crippen molar-refractivity contribution in [3.63, 3.8) is 0 Å². The highest BCUT2D eigenvalue weighted by atomic mass is 19.4. The van der Waals surface area contributed by atoms with Crippen molar-refractivity contribution in [1.82, 2.24) is 14.1 Å². The largest absolute Gasteiger partial charge is 0.473 e. The van der Waals surface area contributed by atoms with Gasteiger partial charge in [-0.15, -0.1) is 0 Å². The van der Waals surface area contributed by atoms with Gasteiger partial charge in [0.05, 0.1) is 36.0 Å². The van der Waals surface area contributed by atoms with E-state index in [2.05, 4.69) is 4.98 Å². The molecule has 0 bridgehead atoms. The number of hydrogen-bond acceptors (Lipinski definition) is 6. The van der Waals surface area contributed by atoms with Crippen molar-refractivity contribution in [3.05, 3.63) is 87.7 Å². The molecule has 3 heterocycles. The lowest BCUT2D eigenvalue weighted by Gasteiger charge is -2.21. The van der Waals surface area contributed by atoms with Gasteiger partial charge in [-0.3, -0.25) is 9.13 Å². The predicted octanol–water partition coefficient (Wildman–Crippen LogP) is 3.90. The number of pyridine rings is 1. The molecular formula is C28H28F4N4O4. The zero-order valence-corrected chi connectivity index (χ0v) is 21.6. The number of aliphatic hydroxyl groups is 2. The van der Waals surface area contributed by atoms with Gasteiger partial charge in [0.1, 0.15) is 24.0 Å². The first-order valence-electron chi connectivity index (χ1n) is 12.8. The molecule has 0 aliphatic carbocycles. The summed E-state index contributed by atoms with van der Waals surface area (Å²) >= 11 is 0. The summed E-state index contributed by atoms with van der Waals surface area (Å²) in [5.41, 5.74) is 0.198. The monoisotopic (exact) mass is 560 g/mol. The molecule has 8 nitrogen and oxygen atoms in total. The maximum Gasteiger partial charge on any atom is 0.416 e. The molecule has 5 rings (SSSR count). The lowest BCUT2D eigenvalue weighted by Crippen LogP contribution is -2.30. The fraction of sp³-hybridized carbons (Fsp3) is 0.357. The van der Waals surface area contributed by atoms with Crippen LogP contribution in [0, 0.1) is 12.7 Å². The van der Waals surface area contributed by atoms with Crippen LogP contribution in [0.15, 0.2) is 59.5 Å². The Balaban J connectivity index is 1.62. The van der Waals surface area contributed by atoms with Crippen molar-refractivity contribution < 1.29 is 32.5 Å². The third kappa shape index (κ3) is 5.16. The summed E-state index contributed by atoms with van der Waals surface area (Å²) in [5.74, 6) is -0.438. The van der Waals surface area contributed by atoms with E-state index >= 15 is 0 Å². The van der Waals surface area contributed by atoms with Gasteiger partial charge in [0.15, 0.2) is 0 Å². The molecule has 1 fully saturated rings. The van der Waals surface area contributed by atoms with E-state index in [0.717, 1.165) is 11.6 Å². The van der Waals surface area contributed by atoms with Crippen molar-refractivity contribution in [1.29, 1.82) is 0 Å². The summed E-state index contributed by atoms with van der Waals surface area (Å²) in [5, 5.41) is 19.0. The number of hydrogen-bond donors (Lipinski definition) is 2. The van der Waals surface area contributed by atoms with Gasteiger partial charge in [0.25, 0.3) is 0 Å². The smallest absolute Gasteiger partial charge is 0.416 e. The molecular weight excluding hydrogens is 532 g/mol. The Kier molecular flexibility index (Phi) is 7.56. The van der Waals surface area contributed by atoms with Gasteiger partial charge in [-0.25, -0.2) is 14.2 Å². The summed E-state index contributed by atoms with van der Waals surface area (Å²) in [6, 6.07) is 11.0. The molecule has 212 valence electrons. The van der Waals surface area contributed by atoms with E-state index in [0.29, 0.717) is 30.7 Å². The molecule has 2 N–H and O–H groups in total. The highest BCUT2D eigenvalue weighted by molar-refractivity contribution is 5.81. The summed E-state index contributed by atoms with van der Waals surface area (Å²) in [6.07, 6.45) is -3.96. The van der Waals surface area contributed by atoms with Crippen molar-refractivity contribution in [3.8, 4) is 5.88 Å². The standard InChI is InChI=1S/C28H28F4N4O4/c1-17-5-4-8-22(29)24(17)34-12-10-19(14-34)36-23-9-11-33-26(40-16-20(38)15-37)25(23)35(27(36)39)13-18-6-2-3-7-21(18)28(30,31)32/h2-9,11,19-20,37-38H,10,12-16H2,1H3/t19-,20?/m1/s1. The maximum absolute atomic E-state index is 14.7. The number of nitrogens with zero attached hydrogens (tertiary/aromatic N) is 4. The minimum atomic E-state index is -4.63. The molecule has 1 unspecified atom stereocenters. The van der Waals surface area contributed by atoms with E-state index in [4.69, 9.17) is 4.74 Å². The summed E-state index contributed by atoms with van der Waals surface area (Å²) in [7, 11) is 0. The fourth-order valence-electron chi connectivity index (χ4n) is 5.32.